The van der Waals surface area contributed by atoms with Gasteiger partial charge in [-0.3, -0.25) is 10.1 Å². The molecule has 0 aromatic heterocycles. The molecule has 6 nitrogen and oxygen atoms in total. The highest BCUT2D eigenvalue weighted by Crippen LogP contribution is 2.40. The average Bonchev–Trinajstić information content (AvgIpc) is 2.75. The highest BCUT2D eigenvalue weighted by molar-refractivity contribution is 6.07. The van der Waals surface area contributed by atoms with Crippen LogP contribution in [0.5, 0.6) is 11.5 Å². The third kappa shape index (κ3) is 2.30. The minimum absolute atomic E-state index is 0.331. The van der Waals surface area contributed by atoms with E-state index in [9.17, 15) is 9.59 Å². The first kappa shape index (κ1) is 13.7. The number of amides is 3. The minimum atomic E-state index is -1.03. The highest BCUT2D eigenvalue weighted by atomic mass is 16.5. The molecule has 1 unspecified atom stereocenters. The van der Waals surface area contributed by atoms with Gasteiger partial charge in [-0.05, 0) is 24.6 Å². The Labute approximate surface area is 122 Å². The largest absolute Gasteiger partial charge is 0.494 e. The van der Waals surface area contributed by atoms with Gasteiger partial charge in [0.15, 0.2) is 5.54 Å². The predicted octanol–water partition coefficient (Wildman–Crippen LogP) is 1.68. The molecule has 1 atom stereocenters. The van der Waals surface area contributed by atoms with Gasteiger partial charge >= 0.3 is 6.03 Å². The number of rotatable bonds is 4. The molecule has 1 spiro atoms. The highest BCUT2D eigenvalue weighted by Gasteiger charge is 2.51. The lowest BCUT2D eigenvalue weighted by atomic mass is 9.84. The molecule has 0 bridgehead atoms. The van der Waals surface area contributed by atoms with Crippen molar-refractivity contribution in [2.45, 2.75) is 31.7 Å². The van der Waals surface area contributed by atoms with E-state index in [0.717, 1.165) is 12.8 Å². The molecular formula is C15H18N2O4. The van der Waals surface area contributed by atoms with Crippen LogP contribution in [-0.2, 0) is 10.3 Å². The summed E-state index contributed by atoms with van der Waals surface area (Å²) in [7, 11) is 0. The summed E-state index contributed by atoms with van der Waals surface area (Å²) >= 11 is 0. The fourth-order valence-electron chi connectivity index (χ4n) is 2.70. The summed E-state index contributed by atoms with van der Waals surface area (Å²) in [6, 6.07) is 4.93. The molecule has 1 aromatic carbocycles. The molecule has 0 aliphatic carbocycles. The van der Waals surface area contributed by atoms with Crippen LogP contribution >= 0.6 is 0 Å². The van der Waals surface area contributed by atoms with Gasteiger partial charge in [0.1, 0.15) is 11.5 Å². The first-order valence-corrected chi connectivity index (χ1v) is 7.19. The van der Waals surface area contributed by atoms with Crippen molar-refractivity contribution in [3.05, 3.63) is 23.8 Å². The Morgan fingerprint density at radius 1 is 1.38 bits per heavy atom. The number of nitrogens with one attached hydrogen (secondary N) is 2. The molecule has 6 heteroatoms. The van der Waals surface area contributed by atoms with E-state index in [2.05, 4.69) is 17.6 Å². The number of benzene rings is 1. The maximum absolute atomic E-state index is 12.2. The number of hydrogen-bond acceptors (Lipinski definition) is 4. The molecule has 3 rings (SSSR count). The summed E-state index contributed by atoms with van der Waals surface area (Å²) in [6.45, 7) is 3.11. The molecule has 1 aromatic rings. The lowest BCUT2D eigenvalue weighted by molar-refractivity contribution is -0.125. The molecule has 0 saturated carbocycles. The van der Waals surface area contributed by atoms with E-state index >= 15 is 0 Å². The van der Waals surface area contributed by atoms with E-state index in [0.29, 0.717) is 36.7 Å². The first-order valence-electron chi connectivity index (χ1n) is 7.19. The monoisotopic (exact) mass is 290 g/mol. The number of unbranched alkanes of at least 4 members (excludes halogenated alkanes) is 1. The lowest BCUT2D eigenvalue weighted by Gasteiger charge is -2.32. The molecule has 21 heavy (non-hydrogen) atoms. The molecule has 1 fully saturated rings. The van der Waals surface area contributed by atoms with Crippen molar-refractivity contribution in [3.63, 3.8) is 0 Å². The van der Waals surface area contributed by atoms with Crippen molar-refractivity contribution in [1.82, 2.24) is 10.6 Å². The van der Waals surface area contributed by atoms with E-state index in [-0.39, 0.29) is 5.91 Å². The minimum Gasteiger partial charge on any atom is -0.494 e. The van der Waals surface area contributed by atoms with Crippen LogP contribution in [0.3, 0.4) is 0 Å². The summed E-state index contributed by atoms with van der Waals surface area (Å²) in [6.07, 6.45) is 2.43. The maximum atomic E-state index is 12.2. The van der Waals surface area contributed by atoms with Crippen LogP contribution in [0.4, 0.5) is 4.79 Å². The number of urea groups is 1. The van der Waals surface area contributed by atoms with Gasteiger partial charge in [-0.1, -0.05) is 13.3 Å². The molecule has 112 valence electrons. The second kappa shape index (κ2) is 5.27. The van der Waals surface area contributed by atoms with Crippen LogP contribution in [0, 0.1) is 0 Å². The van der Waals surface area contributed by atoms with E-state index in [1.807, 2.05) is 6.07 Å². The van der Waals surface area contributed by atoms with Gasteiger partial charge in [0.2, 0.25) is 0 Å². The van der Waals surface area contributed by atoms with Crippen LogP contribution in [-0.4, -0.2) is 25.2 Å². The zero-order valence-electron chi connectivity index (χ0n) is 11.9. The maximum Gasteiger partial charge on any atom is 0.322 e. The van der Waals surface area contributed by atoms with Gasteiger partial charge in [0, 0.05) is 12.0 Å². The van der Waals surface area contributed by atoms with Crippen LogP contribution < -0.4 is 20.1 Å². The molecule has 2 aliphatic heterocycles. The Bertz CT molecular complexity index is 587. The topological polar surface area (TPSA) is 76.7 Å². The van der Waals surface area contributed by atoms with E-state index in [1.165, 1.54) is 0 Å². The molecule has 2 aliphatic rings. The van der Waals surface area contributed by atoms with E-state index in [1.54, 1.807) is 12.1 Å². The van der Waals surface area contributed by atoms with Gasteiger partial charge < -0.3 is 14.8 Å². The normalized spacial score (nSPS) is 23.3. The molecule has 2 N–H and O–H groups in total. The van der Waals surface area contributed by atoms with Crippen molar-refractivity contribution in [1.29, 1.82) is 0 Å². The molecular weight excluding hydrogens is 272 g/mol. The number of ether oxygens (including phenoxy) is 2. The van der Waals surface area contributed by atoms with Crippen molar-refractivity contribution in [2.75, 3.05) is 13.2 Å². The Morgan fingerprint density at radius 2 is 2.24 bits per heavy atom. The summed E-state index contributed by atoms with van der Waals surface area (Å²) in [5.74, 6) is 0.963. The third-order valence-corrected chi connectivity index (χ3v) is 3.85. The SMILES string of the molecule is CCCCOc1ccc2c(c1)C1(CCO2)NC(=O)NC1=O. The summed E-state index contributed by atoms with van der Waals surface area (Å²) in [4.78, 5) is 23.7. The van der Waals surface area contributed by atoms with Gasteiger partial charge in [-0.2, -0.15) is 0 Å². The van der Waals surface area contributed by atoms with Crippen molar-refractivity contribution >= 4 is 11.9 Å². The lowest BCUT2D eigenvalue weighted by Crippen LogP contribution is -2.47. The summed E-state index contributed by atoms with van der Waals surface area (Å²) < 4.78 is 11.3. The summed E-state index contributed by atoms with van der Waals surface area (Å²) in [5.41, 5.74) is -0.375. The second-order valence-electron chi connectivity index (χ2n) is 5.27. The van der Waals surface area contributed by atoms with Gasteiger partial charge in [0.05, 0.1) is 13.2 Å². The quantitative estimate of drug-likeness (QED) is 0.653. The van der Waals surface area contributed by atoms with Crippen LogP contribution in [0.2, 0.25) is 0 Å². The van der Waals surface area contributed by atoms with Crippen LogP contribution in [0.25, 0.3) is 0 Å². The van der Waals surface area contributed by atoms with Crippen molar-refractivity contribution < 1.29 is 19.1 Å². The Balaban J connectivity index is 1.94. The number of fused-ring (bicyclic) bond motifs is 2. The second-order valence-corrected chi connectivity index (χ2v) is 5.27. The zero-order chi connectivity index (χ0) is 14.9. The van der Waals surface area contributed by atoms with Gasteiger partial charge in [-0.25, -0.2) is 4.79 Å². The molecule has 0 radical (unpaired) electrons. The zero-order valence-corrected chi connectivity index (χ0v) is 11.9. The van der Waals surface area contributed by atoms with Crippen LogP contribution in [0.15, 0.2) is 18.2 Å². The van der Waals surface area contributed by atoms with Crippen molar-refractivity contribution in [2.24, 2.45) is 0 Å². The fraction of sp³-hybridized carbons (Fsp3) is 0.467. The predicted molar refractivity (Wildman–Crippen MR) is 75.3 cm³/mol. The van der Waals surface area contributed by atoms with E-state index in [4.69, 9.17) is 9.47 Å². The third-order valence-electron chi connectivity index (χ3n) is 3.85. The number of carbonyl (C=O) groups excluding carboxylic acids is 2. The number of carbonyl (C=O) groups is 2. The van der Waals surface area contributed by atoms with Crippen molar-refractivity contribution in [3.8, 4) is 11.5 Å². The first-order chi connectivity index (χ1) is 10.2. The van der Waals surface area contributed by atoms with E-state index < -0.39 is 11.6 Å². The standard InChI is InChI=1S/C15H18N2O4/c1-2-3-7-20-10-4-5-12-11(9-10)15(6-8-21-12)13(18)16-14(19)17-15/h4-5,9H,2-3,6-8H2,1H3,(H2,16,17,18,19). The molecule has 1 saturated heterocycles. The Morgan fingerprint density at radius 3 is 2.95 bits per heavy atom. The molecule has 3 amide bonds. The fourth-order valence-corrected chi connectivity index (χ4v) is 2.70. The summed E-state index contributed by atoms with van der Waals surface area (Å²) in [5, 5.41) is 5.04. The number of hydrogen-bond donors (Lipinski definition) is 2. The van der Waals surface area contributed by atoms with Crippen LogP contribution in [0.1, 0.15) is 31.7 Å². The smallest absolute Gasteiger partial charge is 0.322 e. The Kier molecular flexibility index (Phi) is 3.45. The van der Waals surface area contributed by atoms with Gasteiger partial charge in [-0.15, -0.1) is 0 Å². The van der Waals surface area contributed by atoms with Gasteiger partial charge in [0.25, 0.3) is 5.91 Å². The number of imide groups is 1. The molecule has 2 heterocycles. The average molecular weight is 290 g/mol. The Hall–Kier alpha value is -2.24.